The van der Waals surface area contributed by atoms with Crippen molar-refractivity contribution in [1.29, 1.82) is 0 Å². The Hall–Kier alpha value is -0.980. The Morgan fingerprint density at radius 1 is 1.35 bits per heavy atom. The lowest BCUT2D eigenvalue weighted by molar-refractivity contribution is 0.622. The molecule has 0 fully saturated rings. The second kappa shape index (κ2) is 5.42. The van der Waals surface area contributed by atoms with Crippen molar-refractivity contribution in [2.75, 3.05) is 0 Å². The van der Waals surface area contributed by atoms with E-state index in [4.69, 9.17) is 12.2 Å². The van der Waals surface area contributed by atoms with Gasteiger partial charge in [0.1, 0.15) is 5.82 Å². The maximum absolute atomic E-state index is 13.7. The monoisotopic (exact) mass is 370 g/mol. The molecule has 0 atom stereocenters. The van der Waals surface area contributed by atoms with Crippen molar-refractivity contribution >= 4 is 50.5 Å². The number of hydrogen-bond acceptors (Lipinski definition) is 2. The number of hydrogen-bond donors (Lipinski definition) is 1. The van der Waals surface area contributed by atoms with E-state index in [1.165, 1.54) is 15.8 Å². The maximum Gasteiger partial charge on any atom is 0.178 e. The van der Waals surface area contributed by atoms with Crippen molar-refractivity contribution in [2.45, 2.75) is 19.9 Å². The Morgan fingerprint density at radius 2 is 2.10 bits per heavy atom. The van der Waals surface area contributed by atoms with Gasteiger partial charge in [-0.2, -0.15) is 0 Å². The predicted octanol–water partition coefficient (Wildman–Crippen LogP) is 5.27. The zero-order valence-corrected chi connectivity index (χ0v) is 14.0. The molecule has 6 heteroatoms. The van der Waals surface area contributed by atoms with Crippen LogP contribution in [-0.2, 0) is 13.0 Å². The summed E-state index contributed by atoms with van der Waals surface area (Å²) < 4.78 is 16.7. The average Bonchev–Trinajstić information content (AvgIpc) is 2.98. The highest BCUT2D eigenvalue weighted by Crippen LogP contribution is 2.25. The first-order valence-electron chi connectivity index (χ1n) is 6.23. The molecule has 0 saturated heterocycles. The number of aryl methyl sites for hydroxylation is 1. The molecule has 2 nitrogen and oxygen atoms in total. The summed E-state index contributed by atoms with van der Waals surface area (Å²) in [5.41, 5.74) is 1.64. The van der Waals surface area contributed by atoms with Gasteiger partial charge in [-0.15, -0.1) is 11.3 Å². The fourth-order valence-electron chi connectivity index (χ4n) is 2.16. The first-order chi connectivity index (χ1) is 9.58. The molecule has 0 bridgehead atoms. The minimum atomic E-state index is -0.277. The normalized spacial score (nSPS) is 11.3. The number of aromatic amines is 1. The molecule has 0 aliphatic carbocycles. The van der Waals surface area contributed by atoms with Crippen LogP contribution >= 0.6 is 39.5 Å². The SMILES string of the molecule is CCc1ccc(Cn2c(=S)[nH]c3cc(Br)c(F)cc32)s1. The van der Waals surface area contributed by atoms with Crippen LogP contribution in [0.15, 0.2) is 28.7 Å². The number of nitrogens with one attached hydrogen (secondary N) is 1. The van der Waals surface area contributed by atoms with Crippen LogP contribution in [0.25, 0.3) is 11.0 Å². The summed E-state index contributed by atoms with van der Waals surface area (Å²) in [6, 6.07) is 7.48. The summed E-state index contributed by atoms with van der Waals surface area (Å²) >= 11 is 10.3. The molecule has 0 saturated carbocycles. The third kappa shape index (κ3) is 2.47. The summed E-state index contributed by atoms with van der Waals surface area (Å²) in [5, 5.41) is 0. The van der Waals surface area contributed by atoms with Crippen LogP contribution in [0.4, 0.5) is 4.39 Å². The van der Waals surface area contributed by atoms with E-state index < -0.39 is 0 Å². The summed E-state index contributed by atoms with van der Waals surface area (Å²) in [4.78, 5) is 5.69. The van der Waals surface area contributed by atoms with Crippen LogP contribution in [0.3, 0.4) is 0 Å². The zero-order valence-electron chi connectivity index (χ0n) is 10.7. The third-order valence-electron chi connectivity index (χ3n) is 3.20. The molecule has 0 aliphatic rings. The van der Waals surface area contributed by atoms with Gasteiger partial charge in [0.15, 0.2) is 4.77 Å². The van der Waals surface area contributed by atoms with Gasteiger partial charge in [0, 0.05) is 15.8 Å². The molecule has 20 heavy (non-hydrogen) atoms. The number of rotatable bonds is 3. The fourth-order valence-corrected chi connectivity index (χ4v) is 3.73. The molecule has 0 spiro atoms. The highest BCUT2D eigenvalue weighted by molar-refractivity contribution is 9.10. The number of thiophene rings is 1. The lowest BCUT2D eigenvalue weighted by Crippen LogP contribution is -1.97. The van der Waals surface area contributed by atoms with Crippen molar-refractivity contribution in [3.05, 3.63) is 49.1 Å². The number of imidazole rings is 1. The molecule has 0 unspecified atom stereocenters. The van der Waals surface area contributed by atoms with Crippen molar-refractivity contribution in [3.63, 3.8) is 0 Å². The van der Waals surface area contributed by atoms with Gasteiger partial charge in [-0.25, -0.2) is 4.39 Å². The van der Waals surface area contributed by atoms with Gasteiger partial charge >= 0.3 is 0 Å². The topological polar surface area (TPSA) is 20.7 Å². The Kier molecular flexibility index (Phi) is 3.79. The summed E-state index contributed by atoms with van der Waals surface area (Å²) in [6.07, 6.45) is 1.03. The smallest absolute Gasteiger partial charge is 0.178 e. The Morgan fingerprint density at radius 3 is 2.80 bits per heavy atom. The lowest BCUT2D eigenvalue weighted by Gasteiger charge is -2.03. The van der Waals surface area contributed by atoms with Crippen LogP contribution in [0.1, 0.15) is 16.7 Å². The maximum atomic E-state index is 13.7. The van der Waals surface area contributed by atoms with Crippen LogP contribution in [0.2, 0.25) is 0 Å². The molecule has 0 radical (unpaired) electrons. The molecule has 0 aliphatic heterocycles. The van der Waals surface area contributed by atoms with E-state index >= 15 is 0 Å². The predicted molar refractivity (Wildman–Crippen MR) is 87.6 cm³/mol. The summed E-state index contributed by atoms with van der Waals surface area (Å²) in [6.45, 7) is 2.81. The van der Waals surface area contributed by atoms with Crippen LogP contribution in [0.5, 0.6) is 0 Å². The van der Waals surface area contributed by atoms with Crippen LogP contribution in [0, 0.1) is 10.6 Å². The molecule has 1 N–H and O–H groups in total. The van der Waals surface area contributed by atoms with E-state index in [0.29, 0.717) is 15.8 Å². The molecule has 2 heterocycles. The van der Waals surface area contributed by atoms with Gasteiger partial charge in [-0.05, 0) is 52.8 Å². The van der Waals surface area contributed by atoms with Gasteiger partial charge in [0.2, 0.25) is 0 Å². The zero-order chi connectivity index (χ0) is 14.3. The van der Waals surface area contributed by atoms with E-state index in [1.54, 1.807) is 17.4 Å². The molecule has 104 valence electrons. The molecule has 1 aromatic carbocycles. The van der Waals surface area contributed by atoms with E-state index in [2.05, 4.69) is 40.0 Å². The number of halogens is 2. The standard InChI is InChI=1S/C14H12BrFN2S2/c1-2-8-3-4-9(20-8)7-18-13-6-11(16)10(15)5-12(13)17-14(18)19/h3-6H,2,7H2,1H3,(H,17,19). The molecule has 0 amide bonds. The minimum Gasteiger partial charge on any atom is -0.331 e. The number of fused-ring (bicyclic) bond motifs is 1. The quantitative estimate of drug-likeness (QED) is 0.622. The van der Waals surface area contributed by atoms with Crippen molar-refractivity contribution in [1.82, 2.24) is 9.55 Å². The van der Waals surface area contributed by atoms with E-state index in [0.717, 1.165) is 17.5 Å². The van der Waals surface area contributed by atoms with E-state index in [9.17, 15) is 4.39 Å². The molecule has 3 aromatic rings. The number of benzene rings is 1. The Balaban J connectivity index is 2.08. The lowest BCUT2D eigenvalue weighted by atomic mass is 10.3. The van der Waals surface area contributed by atoms with E-state index in [-0.39, 0.29) is 5.82 Å². The highest BCUT2D eigenvalue weighted by Gasteiger charge is 2.10. The van der Waals surface area contributed by atoms with Gasteiger partial charge in [0.05, 0.1) is 22.1 Å². The van der Waals surface area contributed by atoms with Crippen molar-refractivity contribution in [2.24, 2.45) is 0 Å². The van der Waals surface area contributed by atoms with E-state index in [1.807, 2.05) is 4.57 Å². The number of aromatic nitrogens is 2. The van der Waals surface area contributed by atoms with Crippen molar-refractivity contribution in [3.8, 4) is 0 Å². The number of H-pyrrole nitrogens is 1. The van der Waals surface area contributed by atoms with Gasteiger partial charge < -0.3 is 9.55 Å². The summed E-state index contributed by atoms with van der Waals surface area (Å²) in [5.74, 6) is -0.277. The first kappa shape index (κ1) is 14.0. The van der Waals surface area contributed by atoms with Gasteiger partial charge in [-0.1, -0.05) is 6.92 Å². The second-order valence-corrected chi connectivity index (χ2v) is 7.02. The Bertz CT molecular complexity index is 831. The number of nitrogens with zero attached hydrogens (tertiary/aromatic N) is 1. The molecular weight excluding hydrogens is 359 g/mol. The highest BCUT2D eigenvalue weighted by atomic mass is 79.9. The minimum absolute atomic E-state index is 0.277. The van der Waals surface area contributed by atoms with Crippen LogP contribution in [-0.4, -0.2) is 9.55 Å². The van der Waals surface area contributed by atoms with Gasteiger partial charge in [-0.3, -0.25) is 0 Å². The molecule has 2 aromatic heterocycles. The average molecular weight is 371 g/mol. The van der Waals surface area contributed by atoms with Crippen LogP contribution < -0.4 is 0 Å². The largest absolute Gasteiger partial charge is 0.331 e. The van der Waals surface area contributed by atoms with Crippen molar-refractivity contribution < 1.29 is 4.39 Å². The molecular formula is C14H12BrFN2S2. The third-order valence-corrected chi connectivity index (χ3v) is 5.34. The Labute approximate surface area is 133 Å². The van der Waals surface area contributed by atoms with Gasteiger partial charge in [0.25, 0.3) is 0 Å². The fraction of sp³-hybridized carbons (Fsp3) is 0.214. The molecule has 3 rings (SSSR count). The second-order valence-electron chi connectivity index (χ2n) is 4.52. The summed E-state index contributed by atoms with van der Waals surface area (Å²) in [7, 11) is 0. The first-order valence-corrected chi connectivity index (χ1v) is 8.25.